The Morgan fingerprint density at radius 1 is 1.29 bits per heavy atom. The fourth-order valence-corrected chi connectivity index (χ4v) is 1.81. The quantitative estimate of drug-likeness (QED) is 0.790. The summed E-state index contributed by atoms with van der Waals surface area (Å²) in [6.45, 7) is 3.58. The summed E-state index contributed by atoms with van der Waals surface area (Å²) < 4.78 is 10.1. The van der Waals surface area contributed by atoms with Gasteiger partial charge in [0.15, 0.2) is 0 Å². The van der Waals surface area contributed by atoms with E-state index >= 15 is 0 Å². The van der Waals surface area contributed by atoms with Gasteiger partial charge in [0, 0.05) is 0 Å². The minimum absolute atomic E-state index is 0.0979. The Morgan fingerprint density at radius 3 is 2.47 bits per heavy atom. The topological polar surface area (TPSA) is 35.5 Å². The summed E-state index contributed by atoms with van der Waals surface area (Å²) in [6.07, 6.45) is -0.0456. The molecule has 0 fully saturated rings. The van der Waals surface area contributed by atoms with Crippen LogP contribution in [0.4, 0.5) is 0 Å². The minimum atomic E-state index is -0.330. The summed E-state index contributed by atoms with van der Waals surface area (Å²) in [4.78, 5) is 11.5. The van der Waals surface area contributed by atoms with Gasteiger partial charge in [-0.1, -0.05) is 29.3 Å². The number of benzene rings is 1. The third-order valence-corrected chi connectivity index (χ3v) is 2.95. The Bertz CT molecular complexity index is 416. The molecule has 0 heterocycles. The van der Waals surface area contributed by atoms with Gasteiger partial charge in [-0.15, -0.1) is 0 Å². The van der Waals surface area contributed by atoms with E-state index in [9.17, 15) is 4.79 Å². The second kappa shape index (κ2) is 6.12. The molecule has 1 aromatic rings. The maximum Gasteiger partial charge on any atom is 0.310 e. The molecule has 3 nitrogen and oxygen atoms in total. The molecule has 0 aliphatic heterocycles. The van der Waals surface area contributed by atoms with Crippen LogP contribution in [-0.2, 0) is 16.0 Å². The van der Waals surface area contributed by atoms with Crippen LogP contribution in [-0.4, -0.2) is 19.2 Å². The fourth-order valence-electron chi connectivity index (χ4n) is 1.33. The number of carbonyl (C=O) groups is 1. The minimum Gasteiger partial charge on any atom is -0.495 e. The van der Waals surface area contributed by atoms with Crippen molar-refractivity contribution in [2.45, 2.75) is 26.4 Å². The van der Waals surface area contributed by atoms with Crippen molar-refractivity contribution in [1.29, 1.82) is 0 Å². The fraction of sp³-hybridized carbons (Fsp3) is 0.417. The molecular formula is C12H14Cl2O3. The van der Waals surface area contributed by atoms with Crippen molar-refractivity contribution in [2.75, 3.05) is 7.11 Å². The molecule has 0 unspecified atom stereocenters. The van der Waals surface area contributed by atoms with Gasteiger partial charge < -0.3 is 9.47 Å². The van der Waals surface area contributed by atoms with Gasteiger partial charge in [-0.2, -0.15) is 0 Å². The molecule has 1 aromatic carbocycles. The molecule has 0 saturated carbocycles. The highest BCUT2D eigenvalue weighted by atomic mass is 35.5. The molecule has 0 aliphatic carbocycles. The van der Waals surface area contributed by atoms with Gasteiger partial charge in [-0.25, -0.2) is 0 Å². The number of hydrogen-bond donors (Lipinski definition) is 0. The van der Waals surface area contributed by atoms with Crippen LogP contribution in [0, 0.1) is 0 Å². The highest BCUT2D eigenvalue weighted by Gasteiger charge is 2.14. The Balaban J connectivity index is 2.86. The maximum atomic E-state index is 11.5. The maximum absolute atomic E-state index is 11.5. The first-order chi connectivity index (χ1) is 7.95. The molecule has 0 N–H and O–H groups in total. The van der Waals surface area contributed by atoms with Gasteiger partial charge in [-0.05, 0) is 25.5 Å². The summed E-state index contributed by atoms with van der Waals surface area (Å²) in [5.41, 5.74) is 0.628. The molecule has 0 saturated heterocycles. The van der Waals surface area contributed by atoms with Crippen LogP contribution in [0.3, 0.4) is 0 Å². The Hall–Kier alpha value is -0.930. The molecular weight excluding hydrogens is 263 g/mol. The number of methoxy groups -OCH3 is 1. The molecule has 17 heavy (non-hydrogen) atoms. The van der Waals surface area contributed by atoms with Crippen molar-refractivity contribution in [3.05, 3.63) is 27.7 Å². The highest BCUT2D eigenvalue weighted by Crippen LogP contribution is 2.34. The van der Waals surface area contributed by atoms with Crippen LogP contribution in [0.15, 0.2) is 12.1 Å². The molecule has 0 atom stereocenters. The zero-order valence-corrected chi connectivity index (χ0v) is 11.4. The summed E-state index contributed by atoms with van der Waals surface area (Å²) in [5.74, 6) is 0.153. The summed E-state index contributed by atoms with van der Waals surface area (Å²) >= 11 is 12.0. The molecule has 0 amide bonds. The zero-order chi connectivity index (χ0) is 13.0. The molecule has 94 valence electrons. The largest absolute Gasteiger partial charge is 0.495 e. The lowest BCUT2D eigenvalue weighted by molar-refractivity contribution is -0.146. The van der Waals surface area contributed by atoms with Gasteiger partial charge in [0.1, 0.15) is 10.8 Å². The van der Waals surface area contributed by atoms with Crippen LogP contribution in [0.5, 0.6) is 5.75 Å². The summed E-state index contributed by atoms with van der Waals surface area (Å²) in [6, 6.07) is 3.38. The Morgan fingerprint density at radius 2 is 1.94 bits per heavy atom. The summed E-state index contributed by atoms with van der Waals surface area (Å²) in [5, 5.41) is 0.635. The SMILES string of the molecule is COc1ccc(CC(=O)OC(C)C)c(Cl)c1Cl. The van der Waals surface area contributed by atoms with Gasteiger partial charge in [0.2, 0.25) is 0 Å². The molecule has 5 heteroatoms. The van der Waals surface area contributed by atoms with Crippen LogP contribution in [0.25, 0.3) is 0 Å². The van der Waals surface area contributed by atoms with Crippen molar-refractivity contribution in [1.82, 2.24) is 0 Å². The standard InChI is InChI=1S/C12H14Cl2O3/c1-7(2)17-10(15)6-8-4-5-9(16-3)12(14)11(8)13/h4-5,7H,6H2,1-3H3. The third kappa shape index (κ3) is 3.79. The van der Waals surface area contributed by atoms with E-state index in [2.05, 4.69) is 0 Å². The number of esters is 1. The van der Waals surface area contributed by atoms with E-state index in [-0.39, 0.29) is 18.5 Å². The van der Waals surface area contributed by atoms with Crippen molar-refractivity contribution in [3.8, 4) is 5.75 Å². The monoisotopic (exact) mass is 276 g/mol. The first-order valence-corrected chi connectivity index (χ1v) is 5.91. The highest BCUT2D eigenvalue weighted by molar-refractivity contribution is 6.43. The van der Waals surface area contributed by atoms with E-state index in [1.54, 1.807) is 26.0 Å². The van der Waals surface area contributed by atoms with Crippen molar-refractivity contribution in [2.24, 2.45) is 0 Å². The second-order valence-electron chi connectivity index (χ2n) is 3.77. The van der Waals surface area contributed by atoms with Crippen LogP contribution >= 0.6 is 23.2 Å². The smallest absolute Gasteiger partial charge is 0.310 e. The molecule has 1 rings (SSSR count). The number of hydrogen-bond acceptors (Lipinski definition) is 3. The van der Waals surface area contributed by atoms with Crippen LogP contribution < -0.4 is 4.74 Å². The lowest BCUT2D eigenvalue weighted by atomic mass is 10.1. The van der Waals surface area contributed by atoms with Crippen LogP contribution in [0.1, 0.15) is 19.4 Å². The number of carbonyl (C=O) groups excluding carboxylic acids is 1. The van der Waals surface area contributed by atoms with Gasteiger partial charge >= 0.3 is 5.97 Å². The van der Waals surface area contributed by atoms with Crippen molar-refractivity contribution >= 4 is 29.2 Å². The van der Waals surface area contributed by atoms with Crippen LogP contribution in [0.2, 0.25) is 10.0 Å². The number of rotatable bonds is 4. The second-order valence-corrected chi connectivity index (χ2v) is 4.53. The summed E-state index contributed by atoms with van der Waals surface area (Å²) in [7, 11) is 1.50. The van der Waals surface area contributed by atoms with E-state index in [1.165, 1.54) is 7.11 Å². The molecule has 0 radical (unpaired) electrons. The normalized spacial score (nSPS) is 10.5. The number of ether oxygens (including phenoxy) is 2. The van der Waals surface area contributed by atoms with E-state index in [4.69, 9.17) is 32.7 Å². The third-order valence-electron chi connectivity index (χ3n) is 2.05. The first kappa shape index (κ1) is 14.1. The van der Waals surface area contributed by atoms with Gasteiger partial charge in [-0.3, -0.25) is 4.79 Å². The molecule has 0 aromatic heterocycles. The predicted octanol–water partition coefficient (Wildman–Crippen LogP) is 3.50. The molecule has 0 bridgehead atoms. The Labute approximate surface area is 111 Å². The van der Waals surface area contributed by atoms with E-state index in [0.717, 1.165) is 0 Å². The van der Waals surface area contributed by atoms with E-state index < -0.39 is 0 Å². The Kier molecular flexibility index (Phi) is 5.09. The first-order valence-electron chi connectivity index (χ1n) is 5.16. The molecule has 0 aliphatic rings. The van der Waals surface area contributed by atoms with E-state index in [1.807, 2.05) is 0 Å². The average Bonchev–Trinajstić information content (AvgIpc) is 2.24. The van der Waals surface area contributed by atoms with Gasteiger partial charge in [0.25, 0.3) is 0 Å². The lowest BCUT2D eigenvalue weighted by Crippen LogP contribution is -2.13. The van der Waals surface area contributed by atoms with Crippen molar-refractivity contribution in [3.63, 3.8) is 0 Å². The lowest BCUT2D eigenvalue weighted by Gasteiger charge is -2.11. The molecule has 0 spiro atoms. The van der Waals surface area contributed by atoms with Gasteiger partial charge in [0.05, 0.1) is 24.7 Å². The predicted molar refractivity (Wildman–Crippen MR) is 67.9 cm³/mol. The van der Waals surface area contributed by atoms with E-state index in [0.29, 0.717) is 21.4 Å². The van der Waals surface area contributed by atoms with Crippen molar-refractivity contribution < 1.29 is 14.3 Å². The zero-order valence-electron chi connectivity index (χ0n) is 9.92. The average molecular weight is 277 g/mol. The number of halogens is 2.